The van der Waals surface area contributed by atoms with Gasteiger partial charge in [-0.25, -0.2) is 43.5 Å². The fourth-order valence-electron chi connectivity index (χ4n) is 13.0. The lowest BCUT2D eigenvalue weighted by Crippen LogP contribution is -2.29. The predicted molar refractivity (Wildman–Crippen MR) is 395 cm³/mol. The predicted octanol–water partition coefficient (Wildman–Crippen LogP) is 20.2. The topological polar surface area (TPSA) is 105 Å². The van der Waals surface area contributed by atoms with E-state index >= 15 is 0 Å². The highest BCUT2D eigenvalue weighted by Crippen LogP contribution is 2.58. The number of halogens is 11. The second-order valence-electron chi connectivity index (χ2n) is 21.7. The van der Waals surface area contributed by atoms with Crippen LogP contribution in [0.5, 0.6) is 0 Å². The summed E-state index contributed by atoms with van der Waals surface area (Å²) >= 11 is 13.2. The monoisotopic (exact) mass is 1880 g/mol. The average molecular weight is 1880 g/mol. The van der Waals surface area contributed by atoms with E-state index in [0.29, 0.717) is 11.3 Å². The van der Waals surface area contributed by atoms with Crippen LogP contribution in [0.25, 0.3) is 39.0 Å². The number of alkyl halides is 3. The molecule has 92 heavy (non-hydrogen) atoms. The average Bonchev–Trinajstić information content (AvgIpc) is 1.55. The number of nitriles is 1. The van der Waals surface area contributed by atoms with Crippen LogP contribution in [0.4, 0.5) is 27.6 Å². The lowest BCUT2D eigenvalue weighted by atomic mass is 9.68. The number of pyridine rings is 6. The third-order valence-electron chi connectivity index (χ3n) is 16.8. The summed E-state index contributed by atoms with van der Waals surface area (Å²) in [5, 5.41) is 9.31. The van der Waals surface area contributed by atoms with E-state index in [0.717, 1.165) is 141 Å². The lowest BCUT2D eigenvalue weighted by Gasteiger charge is -2.33. The minimum absolute atomic E-state index is 0.303. The summed E-state index contributed by atoms with van der Waals surface area (Å²) < 4.78 is 72.7. The van der Waals surface area contributed by atoms with Crippen molar-refractivity contribution in [2.75, 3.05) is 0 Å². The summed E-state index contributed by atoms with van der Waals surface area (Å²) in [7, 11) is 0. The molecule has 3 aliphatic carbocycles. The van der Waals surface area contributed by atoms with Crippen molar-refractivity contribution in [1.29, 1.82) is 5.26 Å². The zero-order chi connectivity index (χ0) is 64.4. The van der Waals surface area contributed by atoms with Crippen molar-refractivity contribution >= 4 is 141 Å². The molecule has 0 fully saturated rings. The maximum absolute atomic E-state index is 13.8. The van der Waals surface area contributed by atoms with Gasteiger partial charge in [0.1, 0.15) is 33.8 Å². The standard InChI is InChI=1S/C25H15F3I2N2.C25H12I2N4.C23H12F2I2N2/c1-14-2-4-15(5-3-14)24(16-6-8-17(9-7-16)25(26,27)28)18-10-12-20(29)31-22(18)23-19(24)11-13-21(30)32-23;1-29-18-8-6-17(7-9-18)25(16-4-2-15(14-28)3-5-16)19-10-12-21(26)30-23(19)24-20(25)11-13-22(27)31-24;24-15-5-1-13(2-6-15)23(14-3-7-16(25)8-4-14)17-9-11-19(26)28-21(17)22-18(23)10-12-20(27)29-22/h2-13H,1H3;2-13H;1-12H. The van der Waals surface area contributed by atoms with Gasteiger partial charge < -0.3 is 0 Å². The third-order valence-corrected chi connectivity index (χ3v) is 20.4. The Balaban J connectivity index is 0.000000126. The number of rotatable bonds is 6. The van der Waals surface area contributed by atoms with Crippen LogP contribution in [0.15, 0.2) is 218 Å². The van der Waals surface area contributed by atoms with Crippen LogP contribution in [0.1, 0.15) is 83.5 Å². The molecular weight excluding hydrogens is 1850 g/mol. The fraction of sp³-hybridized carbons (Fsp3) is 0.0685. The van der Waals surface area contributed by atoms with E-state index in [2.05, 4.69) is 159 Å². The Kier molecular flexibility index (Phi) is 17.7. The van der Waals surface area contributed by atoms with Gasteiger partial charge in [-0.15, -0.1) is 0 Å². The summed E-state index contributed by atoms with van der Waals surface area (Å²) in [6.45, 7) is 9.35. The molecule has 15 rings (SSSR count). The zero-order valence-electron chi connectivity index (χ0n) is 47.5. The highest BCUT2D eigenvalue weighted by atomic mass is 127. The maximum Gasteiger partial charge on any atom is 0.416 e. The summed E-state index contributed by atoms with van der Waals surface area (Å²) in [4.78, 5) is 32.5. The molecule has 0 bridgehead atoms. The SMILES string of the molecule is Cc1ccc(C2(c3ccc(C(F)(F)F)cc3)c3ccc(I)nc3-c3nc(I)ccc32)cc1.Fc1ccc(C2(c3ccc(F)cc3)c3ccc(I)nc3-c3nc(I)ccc32)cc1.[C-]#[N+]c1ccc(C2(c3ccc(C#N)cc3)c3ccc(I)nc3-c3nc(I)ccc32)cc1. The summed E-state index contributed by atoms with van der Waals surface area (Å²) in [5.41, 5.74) is 15.8. The lowest BCUT2D eigenvalue weighted by molar-refractivity contribution is -0.137. The van der Waals surface area contributed by atoms with Gasteiger partial charge >= 0.3 is 6.18 Å². The van der Waals surface area contributed by atoms with Gasteiger partial charge in [0.05, 0.1) is 74.2 Å². The normalized spacial score (nSPS) is 13.7. The molecule has 19 heteroatoms. The van der Waals surface area contributed by atoms with Gasteiger partial charge in [-0.2, -0.15) is 18.4 Å². The molecule has 8 nitrogen and oxygen atoms in total. The molecule has 0 radical (unpaired) electrons. The van der Waals surface area contributed by atoms with Crippen LogP contribution in [-0.2, 0) is 22.4 Å². The molecule has 6 aromatic heterocycles. The zero-order valence-corrected chi connectivity index (χ0v) is 60.5. The Morgan fingerprint density at radius 2 is 0.598 bits per heavy atom. The maximum atomic E-state index is 13.8. The first-order valence-corrected chi connectivity index (χ1v) is 34.5. The fourth-order valence-corrected chi connectivity index (χ4v) is 15.5. The molecule has 6 aromatic carbocycles. The highest BCUT2D eigenvalue weighted by molar-refractivity contribution is 14.1. The van der Waals surface area contributed by atoms with Crippen molar-refractivity contribution in [2.24, 2.45) is 0 Å². The molecule has 0 amide bonds. The van der Waals surface area contributed by atoms with E-state index in [1.54, 1.807) is 36.4 Å². The number of aromatic nitrogens is 6. The van der Waals surface area contributed by atoms with Crippen molar-refractivity contribution in [3.63, 3.8) is 0 Å². The first-order chi connectivity index (χ1) is 44.3. The van der Waals surface area contributed by atoms with Crippen LogP contribution >= 0.6 is 136 Å². The second kappa shape index (κ2) is 25.5. The Hall–Kier alpha value is -6.77. The molecule has 0 aliphatic heterocycles. The van der Waals surface area contributed by atoms with E-state index in [4.69, 9.17) is 36.5 Å². The quantitative estimate of drug-likeness (QED) is 0.0707. The third kappa shape index (κ3) is 11.1. The highest BCUT2D eigenvalue weighted by Gasteiger charge is 2.51. The number of nitrogens with zero attached hydrogens (tertiary/aromatic N) is 8. The van der Waals surface area contributed by atoms with E-state index in [1.165, 1.54) is 24.3 Å². The number of hydrogen-bond donors (Lipinski definition) is 0. The van der Waals surface area contributed by atoms with Crippen LogP contribution in [0.2, 0.25) is 0 Å². The summed E-state index contributed by atoms with van der Waals surface area (Å²) in [5.74, 6) is -0.606. The number of hydrogen-bond acceptors (Lipinski definition) is 7. The molecule has 0 saturated carbocycles. The molecule has 0 unspecified atom stereocenters. The van der Waals surface area contributed by atoms with Crippen molar-refractivity contribution in [3.8, 4) is 40.2 Å². The second-order valence-corrected chi connectivity index (χ2v) is 28.4. The number of benzene rings is 6. The van der Waals surface area contributed by atoms with Crippen LogP contribution in [0.3, 0.4) is 0 Å². The van der Waals surface area contributed by atoms with Crippen LogP contribution in [0, 0.1) is 58.7 Å². The van der Waals surface area contributed by atoms with Crippen molar-refractivity contribution in [2.45, 2.75) is 29.3 Å². The van der Waals surface area contributed by atoms with E-state index < -0.39 is 28.0 Å². The smallest absolute Gasteiger partial charge is 0.240 e. The first-order valence-electron chi connectivity index (χ1n) is 28.1. The molecular formula is C73H39F5I6N8. The Morgan fingerprint density at radius 3 is 0.848 bits per heavy atom. The number of fused-ring (bicyclic) bond motifs is 9. The largest absolute Gasteiger partial charge is 0.416 e. The Labute approximate surface area is 607 Å². The Morgan fingerprint density at radius 1 is 0.359 bits per heavy atom. The van der Waals surface area contributed by atoms with Crippen molar-refractivity contribution in [3.05, 3.63) is 347 Å². The van der Waals surface area contributed by atoms with Crippen LogP contribution in [-0.4, -0.2) is 29.9 Å². The molecule has 0 atom stereocenters. The molecule has 6 heterocycles. The molecule has 448 valence electrons. The van der Waals surface area contributed by atoms with E-state index in [-0.39, 0.29) is 11.6 Å². The van der Waals surface area contributed by atoms with Crippen molar-refractivity contribution in [1.82, 2.24) is 29.9 Å². The molecule has 0 saturated heterocycles. The molecule has 3 aliphatic rings. The van der Waals surface area contributed by atoms with Crippen LogP contribution < -0.4 is 0 Å². The Bertz CT molecular complexity index is 4720. The number of aryl methyl sites for hydroxylation is 1. The van der Waals surface area contributed by atoms with Gasteiger partial charge in [-0.3, -0.25) is 0 Å². The van der Waals surface area contributed by atoms with Gasteiger partial charge in [-0.05, 0) is 294 Å². The van der Waals surface area contributed by atoms with Crippen molar-refractivity contribution < 1.29 is 22.0 Å². The summed E-state index contributed by atoms with van der Waals surface area (Å²) in [6.07, 6.45) is -4.39. The van der Waals surface area contributed by atoms with Gasteiger partial charge in [0.2, 0.25) is 0 Å². The van der Waals surface area contributed by atoms with Gasteiger partial charge in [0.15, 0.2) is 5.69 Å². The minimum atomic E-state index is -4.39. The molecule has 0 spiro atoms. The van der Waals surface area contributed by atoms with E-state index in [1.807, 2.05) is 140 Å². The molecule has 12 aromatic rings. The van der Waals surface area contributed by atoms with Gasteiger partial charge in [0, 0.05) is 0 Å². The summed E-state index contributed by atoms with van der Waals surface area (Å²) in [6, 6.07) is 68.4. The minimum Gasteiger partial charge on any atom is -0.240 e. The molecule has 0 N–H and O–H groups in total. The van der Waals surface area contributed by atoms with E-state index in [9.17, 15) is 27.2 Å². The van der Waals surface area contributed by atoms with Gasteiger partial charge in [0.25, 0.3) is 0 Å². The van der Waals surface area contributed by atoms with Gasteiger partial charge in [-0.1, -0.05) is 139 Å². The first kappa shape index (κ1) is 64.0.